The summed E-state index contributed by atoms with van der Waals surface area (Å²) in [5.74, 6) is 0.515. The first kappa shape index (κ1) is 8.02. The summed E-state index contributed by atoms with van der Waals surface area (Å²) in [4.78, 5) is 0. The minimum absolute atomic E-state index is 0.472. The van der Waals surface area contributed by atoms with Crippen LogP contribution in [0.5, 0.6) is 0 Å². The first-order valence-electron chi connectivity index (χ1n) is 4.13. The van der Waals surface area contributed by atoms with Crippen LogP contribution in [0.25, 0.3) is 0 Å². The Labute approximate surface area is 61.9 Å². The molecule has 0 aromatic heterocycles. The van der Waals surface area contributed by atoms with Crippen molar-refractivity contribution < 1.29 is 10.2 Å². The average Bonchev–Trinajstić information content (AvgIpc) is 1.88. The van der Waals surface area contributed by atoms with Crippen LogP contribution in [0.4, 0.5) is 0 Å². The van der Waals surface area contributed by atoms with Crippen molar-refractivity contribution in [3.05, 3.63) is 0 Å². The molecule has 0 bridgehead atoms. The third-order valence-electron chi connectivity index (χ3n) is 2.26. The normalized spacial score (nSPS) is 21.9. The summed E-state index contributed by atoms with van der Waals surface area (Å²) in [7, 11) is 0. The second kappa shape index (κ2) is 3.94. The summed E-state index contributed by atoms with van der Waals surface area (Å²) >= 11 is 0. The molecule has 1 aliphatic rings. The highest BCUT2D eigenvalue weighted by Crippen LogP contribution is 2.26. The third kappa shape index (κ3) is 2.67. The minimum atomic E-state index is -1.33. The van der Waals surface area contributed by atoms with E-state index in [1.165, 1.54) is 19.3 Å². The zero-order valence-corrected chi connectivity index (χ0v) is 6.25. The largest absolute Gasteiger partial charge is 0.366 e. The average molecular weight is 143 g/mol. The molecule has 1 radical (unpaired) electrons. The number of hydrogen-bond acceptors (Lipinski definition) is 1. The van der Waals surface area contributed by atoms with Gasteiger partial charge in [0.15, 0.2) is 6.29 Å². The molecule has 2 heteroatoms. The van der Waals surface area contributed by atoms with Crippen molar-refractivity contribution >= 4 is 0 Å². The Balaban J connectivity index is 2.13. The predicted molar refractivity (Wildman–Crippen MR) is 37.9 cm³/mol. The number of aliphatic hydroxyl groups excluding tert-OH is 1. The molecular weight excluding hydrogens is 128 g/mol. The van der Waals surface area contributed by atoms with Crippen molar-refractivity contribution in [1.29, 1.82) is 0 Å². The lowest BCUT2D eigenvalue weighted by atomic mass is 9.87. The fourth-order valence-corrected chi connectivity index (χ4v) is 1.71. The topological polar surface area (TPSA) is 40.1 Å². The van der Waals surface area contributed by atoms with Gasteiger partial charge in [0.25, 0.3) is 0 Å². The molecule has 0 amide bonds. The smallest absolute Gasteiger partial charge is 0.189 e. The Hall–Kier alpha value is -0.0800. The maximum Gasteiger partial charge on any atom is 0.189 e. The maximum absolute atomic E-state index is 10.4. The molecule has 1 N–H and O–H groups in total. The second-order valence-electron chi connectivity index (χ2n) is 3.19. The van der Waals surface area contributed by atoms with Gasteiger partial charge >= 0.3 is 0 Å². The zero-order valence-electron chi connectivity index (χ0n) is 6.25. The van der Waals surface area contributed by atoms with Gasteiger partial charge in [0.1, 0.15) is 0 Å². The molecule has 0 spiro atoms. The predicted octanol–water partition coefficient (Wildman–Crippen LogP) is 1.71. The monoisotopic (exact) mass is 143 g/mol. The van der Waals surface area contributed by atoms with Gasteiger partial charge in [0, 0.05) is 6.42 Å². The number of rotatable bonds is 2. The van der Waals surface area contributed by atoms with Gasteiger partial charge < -0.3 is 5.11 Å². The molecule has 2 nitrogen and oxygen atoms in total. The molecule has 0 aromatic rings. The summed E-state index contributed by atoms with van der Waals surface area (Å²) in [5, 5.41) is 18.9. The lowest BCUT2D eigenvalue weighted by Gasteiger charge is -2.21. The van der Waals surface area contributed by atoms with Gasteiger partial charge in [-0.05, 0) is 5.92 Å². The molecule has 1 rings (SSSR count). The summed E-state index contributed by atoms with van der Waals surface area (Å²) in [6.45, 7) is 0. The van der Waals surface area contributed by atoms with E-state index in [2.05, 4.69) is 0 Å². The van der Waals surface area contributed by atoms with E-state index < -0.39 is 6.29 Å². The Kier molecular flexibility index (Phi) is 3.16. The Morgan fingerprint density at radius 2 is 1.90 bits per heavy atom. The quantitative estimate of drug-likeness (QED) is 0.587. The molecule has 1 aliphatic carbocycles. The van der Waals surface area contributed by atoms with Crippen LogP contribution in [0.1, 0.15) is 38.5 Å². The first-order valence-corrected chi connectivity index (χ1v) is 4.13. The summed E-state index contributed by atoms with van der Waals surface area (Å²) in [6, 6.07) is 0. The van der Waals surface area contributed by atoms with Crippen LogP contribution in [0.2, 0.25) is 0 Å². The van der Waals surface area contributed by atoms with Crippen molar-refractivity contribution in [1.82, 2.24) is 0 Å². The van der Waals surface area contributed by atoms with E-state index in [0.29, 0.717) is 12.3 Å². The van der Waals surface area contributed by atoms with Gasteiger partial charge in [-0.1, -0.05) is 32.1 Å². The van der Waals surface area contributed by atoms with E-state index in [9.17, 15) is 5.11 Å². The van der Waals surface area contributed by atoms with Crippen LogP contribution in [0.15, 0.2) is 0 Å². The highest BCUT2D eigenvalue weighted by Gasteiger charge is 2.16. The molecule has 0 aromatic carbocycles. The Bertz CT molecular complexity index is 85.3. The molecule has 0 saturated heterocycles. The molecular formula is C8H15O2. The van der Waals surface area contributed by atoms with Gasteiger partial charge in [0.2, 0.25) is 0 Å². The lowest BCUT2D eigenvalue weighted by molar-refractivity contribution is -0.107. The van der Waals surface area contributed by atoms with Gasteiger partial charge in [-0.3, -0.25) is 0 Å². The maximum atomic E-state index is 10.4. The van der Waals surface area contributed by atoms with Crippen molar-refractivity contribution in [3.8, 4) is 0 Å². The first-order chi connectivity index (χ1) is 4.79. The van der Waals surface area contributed by atoms with E-state index in [1.807, 2.05) is 0 Å². The summed E-state index contributed by atoms with van der Waals surface area (Å²) in [6.07, 6.45) is 5.25. The fourth-order valence-electron chi connectivity index (χ4n) is 1.71. The molecule has 1 unspecified atom stereocenters. The van der Waals surface area contributed by atoms with Crippen molar-refractivity contribution in [2.45, 2.75) is 44.8 Å². The third-order valence-corrected chi connectivity index (χ3v) is 2.26. The van der Waals surface area contributed by atoms with Crippen molar-refractivity contribution in [2.75, 3.05) is 0 Å². The lowest BCUT2D eigenvalue weighted by Crippen LogP contribution is -2.14. The summed E-state index contributed by atoms with van der Waals surface area (Å²) < 4.78 is 0. The minimum Gasteiger partial charge on any atom is -0.366 e. The van der Waals surface area contributed by atoms with Gasteiger partial charge in [-0.15, -0.1) is 0 Å². The number of aliphatic hydroxyl groups is 1. The van der Waals surface area contributed by atoms with Crippen LogP contribution in [-0.2, 0) is 5.11 Å². The molecule has 1 fully saturated rings. The van der Waals surface area contributed by atoms with E-state index in [0.717, 1.165) is 12.8 Å². The van der Waals surface area contributed by atoms with E-state index in [1.54, 1.807) is 0 Å². The fraction of sp³-hybridized carbons (Fsp3) is 1.00. The van der Waals surface area contributed by atoms with E-state index in [-0.39, 0.29) is 0 Å². The highest BCUT2D eigenvalue weighted by atomic mass is 16.5. The van der Waals surface area contributed by atoms with Gasteiger partial charge in [0.05, 0.1) is 0 Å². The van der Waals surface area contributed by atoms with Crippen LogP contribution in [0.3, 0.4) is 0 Å². The van der Waals surface area contributed by atoms with Crippen LogP contribution >= 0.6 is 0 Å². The Morgan fingerprint density at radius 1 is 1.30 bits per heavy atom. The van der Waals surface area contributed by atoms with Crippen LogP contribution in [-0.4, -0.2) is 11.4 Å². The van der Waals surface area contributed by atoms with Crippen LogP contribution < -0.4 is 0 Å². The molecule has 1 saturated carbocycles. The second-order valence-corrected chi connectivity index (χ2v) is 3.19. The molecule has 0 aliphatic heterocycles. The number of hydrogen-bond donors (Lipinski definition) is 1. The van der Waals surface area contributed by atoms with Gasteiger partial charge in [-0.2, -0.15) is 0 Å². The van der Waals surface area contributed by atoms with Crippen molar-refractivity contribution in [2.24, 2.45) is 5.92 Å². The SMILES string of the molecule is [O]C(O)CC1CCCCC1. The van der Waals surface area contributed by atoms with Crippen molar-refractivity contribution in [3.63, 3.8) is 0 Å². The molecule has 1 atom stereocenters. The zero-order chi connectivity index (χ0) is 7.40. The Morgan fingerprint density at radius 3 is 2.40 bits per heavy atom. The summed E-state index contributed by atoms with van der Waals surface area (Å²) in [5.41, 5.74) is 0. The van der Waals surface area contributed by atoms with Gasteiger partial charge in [-0.25, -0.2) is 5.11 Å². The molecule has 59 valence electrons. The standard InChI is InChI=1S/C8H15O2/c9-8(10)6-7-4-2-1-3-5-7/h7-9H,1-6H2. The molecule has 10 heavy (non-hydrogen) atoms. The highest BCUT2D eigenvalue weighted by molar-refractivity contribution is 4.65. The van der Waals surface area contributed by atoms with Crippen LogP contribution in [0, 0.1) is 5.92 Å². The van der Waals surface area contributed by atoms with E-state index >= 15 is 0 Å². The molecule has 0 heterocycles. The van der Waals surface area contributed by atoms with E-state index in [4.69, 9.17) is 5.11 Å².